The highest BCUT2D eigenvalue weighted by Gasteiger charge is 2.22. The first kappa shape index (κ1) is 19.3. The summed E-state index contributed by atoms with van der Waals surface area (Å²) in [7, 11) is 0. The summed E-state index contributed by atoms with van der Waals surface area (Å²) in [6.07, 6.45) is 0. The molecule has 154 valence electrons. The van der Waals surface area contributed by atoms with E-state index in [1.54, 1.807) is 23.1 Å². The largest absolute Gasteiger partial charge is 0.378 e. The average Bonchev–Trinajstić information content (AvgIpc) is 3.53. The van der Waals surface area contributed by atoms with Crippen LogP contribution in [0.3, 0.4) is 0 Å². The van der Waals surface area contributed by atoms with Crippen LogP contribution >= 0.6 is 23.1 Å². The minimum Gasteiger partial charge on any atom is -0.378 e. The Kier molecular flexibility index (Phi) is 5.52. The SMILES string of the molecule is Cc1ccc(-n2c(SCc3noc(-c4ccsc4)n3)nnc2N2CCOCC2)cc1. The molecular weight excluding hydrogens is 420 g/mol. The number of anilines is 1. The van der Waals surface area contributed by atoms with Gasteiger partial charge in [-0.15, -0.1) is 10.2 Å². The topological polar surface area (TPSA) is 82.1 Å². The predicted molar refractivity (Wildman–Crippen MR) is 116 cm³/mol. The van der Waals surface area contributed by atoms with Gasteiger partial charge in [0.25, 0.3) is 5.89 Å². The van der Waals surface area contributed by atoms with E-state index in [-0.39, 0.29) is 0 Å². The van der Waals surface area contributed by atoms with Crippen molar-refractivity contribution in [3.63, 3.8) is 0 Å². The number of aryl methyl sites for hydroxylation is 1. The fourth-order valence-electron chi connectivity index (χ4n) is 3.19. The zero-order valence-electron chi connectivity index (χ0n) is 16.4. The smallest absolute Gasteiger partial charge is 0.258 e. The molecule has 0 saturated carbocycles. The zero-order chi connectivity index (χ0) is 20.3. The second kappa shape index (κ2) is 8.58. The van der Waals surface area contributed by atoms with Crippen LogP contribution in [0, 0.1) is 6.92 Å². The highest BCUT2D eigenvalue weighted by molar-refractivity contribution is 7.98. The number of morpholine rings is 1. The van der Waals surface area contributed by atoms with Crippen LogP contribution in [0.5, 0.6) is 0 Å². The van der Waals surface area contributed by atoms with E-state index < -0.39 is 0 Å². The van der Waals surface area contributed by atoms with E-state index in [1.807, 2.05) is 16.8 Å². The van der Waals surface area contributed by atoms with Crippen LogP contribution < -0.4 is 4.90 Å². The molecule has 1 aromatic carbocycles. The Labute approximate surface area is 181 Å². The lowest BCUT2D eigenvalue weighted by atomic mass is 10.2. The van der Waals surface area contributed by atoms with Crippen molar-refractivity contribution in [2.75, 3.05) is 31.2 Å². The number of rotatable bonds is 6. The van der Waals surface area contributed by atoms with Crippen molar-refractivity contribution in [1.29, 1.82) is 0 Å². The van der Waals surface area contributed by atoms with Crippen LogP contribution in [-0.4, -0.2) is 51.2 Å². The first-order chi connectivity index (χ1) is 14.8. The number of aromatic nitrogens is 5. The summed E-state index contributed by atoms with van der Waals surface area (Å²) < 4.78 is 13.0. The molecule has 0 radical (unpaired) electrons. The maximum atomic E-state index is 5.50. The van der Waals surface area contributed by atoms with Crippen molar-refractivity contribution < 1.29 is 9.26 Å². The monoisotopic (exact) mass is 440 g/mol. The molecule has 0 bridgehead atoms. The predicted octanol–water partition coefficient (Wildman–Crippen LogP) is 3.82. The maximum Gasteiger partial charge on any atom is 0.258 e. The molecule has 10 heteroatoms. The third kappa shape index (κ3) is 3.98. The van der Waals surface area contributed by atoms with Gasteiger partial charge in [-0.05, 0) is 30.5 Å². The molecule has 1 saturated heterocycles. The molecule has 0 N–H and O–H groups in total. The highest BCUT2D eigenvalue weighted by Crippen LogP contribution is 2.29. The summed E-state index contributed by atoms with van der Waals surface area (Å²) in [5, 5.41) is 17.9. The van der Waals surface area contributed by atoms with Crippen LogP contribution in [0.2, 0.25) is 0 Å². The van der Waals surface area contributed by atoms with Crippen LogP contribution in [0.1, 0.15) is 11.4 Å². The lowest BCUT2D eigenvalue weighted by Crippen LogP contribution is -2.37. The van der Waals surface area contributed by atoms with Gasteiger partial charge >= 0.3 is 0 Å². The quantitative estimate of drug-likeness (QED) is 0.419. The summed E-state index contributed by atoms with van der Waals surface area (Å²) in [4.78, 5) is 6.71. The summed E-state index contributed by atoms with van der Waals surface area (Å²) in [6, 6.07) is 10.3. The summed E-state index contributed by atoms with van der Waals surface area (Å²) >= 11 is 3.15. The molecule has 1 aliphatic heterocycles. The van der Waals surface area contributed by atoms with Gasteiger partial charge in [-0.2, -0.15) is 16.3 Å². The summed E-state index contributed by atoms with van der Waals surface area (Å²) in [5.74, 6) is 2.55. The molecule has 0 atom stereocenters. The van der Waals surface area contributed by atoms with Gasteiger partial charge in [0, 0.05) is 18.5 Å². The molecular formula is C20H20N6O2S2. The minimum atomic E-state index is 0.542. The zero-order valence-corrected chi connectivity index (χ0v) is 18.0. The Morgan fingerprint density at radius 2 is 1.93 bits per heavy atom. The van der Waals surface area contributed by atoms with Gasteiger partial charge in [0.2, 0.25) is 5.95 Å². The van der Waals surface area contributed by atoms with Crippen molar-refractivity contribution >= 4 is 29.0 Å². The fraction of sp³-hybridized carbons (Fsp3) is 0.300. The number of nitrogens with zero attached hydrogens (tertiary/aromatic N) is 6. The van der Waals surface area contributed by atoms with Crippen LogP contribution in [0.15, 0.2) is 50.8 Å². The molecule has 1 aliphatic rings. The van der Waals surface area contributed by atoms with Crippen LogP contribution in [0.4, 0.5) is 5.95 Å². The van der Waals surface area contributed by atoms with Crippen molar-refractivity contribution in [3.8, 4) is 17.1 Å². The summed E-state index contributed by atoms with van der Waals surface area (Å²) in [5.41, 5.74) is 3.18. The van der Waals surface area contributed by atoms with Gasteiger partial charge in [-0.25, -0.2) is 0 Å². The Balaban J connectivity index is 1.41. The van der Waals surface area contributed by atoms with E-state index in [9.17, 15) is 0 Å². The lowest BCUT2D eigenvalue weighted by Gasteiger charge is -2.27. The molecule has 0 aliphatic carbocycles. The van der Waals surface area contributed by atoms with Gasteiger partial charge in [-0.1, -0.05) is 34.6 Å². The number of ether oxygens (including phenoxy) is 1. The molecule has 4 heterocycles. The Morgan fingerprint density at radius 3 is 2.70 bits per heavy atom. The third-order valence-electron chi connectivity index (χ3n) is 4.77. The van der Waals surface area contributed by atoms with E-state index in [0.29, 0.717) is 30.7 Å². The number of thioether (sulfide) groups is 1. The molecule has 8 nitrogen and oxygen atoms in total. The standard InChI is InChI=1S/C20H20N6O2S2/c1-14-2-4-16(5-3-14)26-19(25-7-9-27-10-8-25)22-23-20(26)30-13-17-21-18(28-24-17)15-6-11-29-12-15/h2-6,11-12H,7-10,13H2,1H3. The van der Waals surface area contributed by atoms with Gasteiger partial charge in [0.05, 0.1) is 30.2 Å². The van der Waals surface area contributed by atoms with E-state index in [0.717, 1.165) is 35.4 Å². The van der Waals surface area contributed by atoms with E-state index in [4.69, 9.17) is 9.26 Å². The second-order valence-electron chi connectivity index (χ2n) is 6.87. The first-order valence-corrected chi connectivity index (χ1v) is 11.5. The molecule has 4 aromatic rings. The lowest BCUT2D eigenvalue weighted by molar-refractivity contribution is 0.122. The van der Waals surface area contributed by atoms with Crippen molar-refractivity contribution in [1.82, 2.24) is 24.9 Å². The number of thiophene rings is 1. The molecule has 5 rings (SSSR count). The second-order valence-corrected chi connectivity index (χ2v) is 8.59. The highest BCUT2D eigenvalue weighted by atomic mass is 32.2. The van der Waals surface area contributed by atoms with E-state index in [1.165, 1.54) is 5.56 Å². The first-order valence-electron chi connectivity index (χ1n) is 9.61. The van der Waals surface area contributed by atoms with Crippen LogP contribution in [0.25, 0.3) is 17.1 Å². The number of hydrogen-bond donors (Lipinski definition) is 0. The van der Waals surface area contributed by atoms with Crippen LogP contribution in [-0.2, 0) is 10.5 Å². The van der Waals surface area contributed by atoms with Gasteiger partial charge in [0.15, 0.2) is 11.0 Å². The Bertz CT molecular complexity index is 1100. The maximum absolute atomic E-state index is 5.50. The van der Waals surface area contributed by atoms with Gasteiger partial charge in [0.1, 0.15) is 0 Å². The van der Waals surface area contributed by atoms with Crippen molar-refractivity contribution in [2.24, 2.45) is 0 Å². The van der Waals surface area contributed by atoms with E-state index >= 15 is 0 Å². The molecule has 1 fully saturated rings. The van der Waals surface area contributed by atoms with Crippen molar-refractivity contribution in [3.05, 3.63) is 52.5 Å². The Hall–Kier alpha value is -2.69. The third-order valence-corrected chi connectivity index (χ3v) is 6.38. The molecule has 0 spiro atoms. The fourth-order valence-corrected chi connectivity index (χ4v) is 4.61. The van der Waals surface area contributed by atoms with Gasteiger partial charge < -0.3 is 14.2 Å². The normalized spacial score (nSPS) is 14.4. The molecule has 3 aromatic heterocycles. The minimum absolute atomic E-state index is 0.542. The molecule has 0 amide bonds. The molecule has 0 unspecified atom stereocenters. The average molecular weight is 441 g/mol. The van der Waals surface area contributed by atoms with E-state index in [2.05, 4.69) is 61.0 Å². The van der Waals surface area contributed by atoms with Gasteiger partial charge in [-0.3, -0.25) is 4.57 Å². The number of hydrogen-bond acceptors (Lipinski definition) is 9. The number of benzene rings is 1. The molecule has 30 heavy (non-hydrogen) atoms. The van der Waals surface area contributed by atoms with Crippen molar-refractivity contribution in [2.45, 2.75) is 17.8 Å². The summed E-state index contributed by atoms with van der Waals surface area (Å²) in [6.45, 7) is 5.05. The Morgan fingerprint density at radius 1 is 1.10 bits per heavy atom.